The SMILES string of the molecule is [2H]c1c([2H])c([2H])c(-c2ccc3cc(Br)ccc3c2)c([2H])c1[2H]. The molecule has 0 radical (unpaired) electrons. The van der Waals surface area contributed by atoms with E-state index in [0.29, 0.717) is 5.56 Å². The third kappa shape index (κ3) is 2.11. The average molecular weight is 288 g/mol. The molecule has 0 saturated carbocycles. The molecule has 0 bridgehead atoms. The third-order valence-electron chi connectivity index (χ3n) is 2.59. The molecule has 3 aromatic rings. The van der Waals surface area contributed by atoms with Crippen molar-refractivity contribution in [3.05, 3.63) is 71.1 Å². The van der Waals surface area contributed by atoms with Crippen molar-refractivity contribution in [3.63, 3.8) is 0 Å². The lowest BCUT2D eigenvalue weighted by Gasteiger charge is -2.04. The van der Waals surface area contributed by atoms with Crippen molar-refractivity contribution in [1.29, 1.82) is 0 Å². The van der Waals surface area contributed by atoms with Crippen molar-refractivity contribution < 1.29 is 6.85 Å². The summed E-state index contributed by atoms with van der Waals surface area (Å²) >= 11 is 3.42. The zero-order valence-electron chi connectivity index (χ0n) is 13.8. The first-order valence-corrected chi connectivity index (χ1v) is 5.96. The van der Waals surface area contributed by atoms with Crippen LogP contribution >= 0.6 is 15.9 Å². The van der Waals surface area contributed by atoms with Crippen LogP contribution in [0.3, 0.4) is 0 Å². The molecule has 82 valence electrons. The maximum absolute atomic E-state index is 8.03. The van der Waals surface area contributed by atoms with Gasteiger partial charge in [0.05, 0.1) is 6.85 Å². The minimum absolute atomic E-state index is 0.178. The molecular weight excluding hydrogens is 272 g/mol. The molecule has 0 aliphatic rings. The molecule has 0 heterocycles. The lowest BCUT2D eigenvalue weighted by atomic mass is 10.0. The zero-order valence-corrected chi connectivity index (χ0v) is 10.4. The summed E-state index contributed by atoms with van der Waals surface area (Å²) in [6.45, 7) is 0. The van der Waals surface area contributed by atoms with Crippen LogP contribution < -0.4 is 0 Å². The summed E-state index contributed by atoms with van der Waals surface area (Å²) in [7, 11) is 0. The van der Waals surface area contributed by atoms with Crippen molar-refractivity contribution in [3.8, 4) is 11.1 Å². The van der Waals surface area contributed by atoms with Gasteiger partial charge in [-0.25, -0.2) is 0 Å². The van der Waals surface area contributed by atoms with E-state index in [1.54, 1.807) is 6.07 Å². The normalized spacial score (nSPS) is 14.8. The predicted molar refractivity (Wildman–Crippen MR) is 77.1 cm³/mol. The maximum Gasteiger partial charge on any atom is 0.0629 e. The minimum atomic E-state index is -0.372. The van der Waals surface area contributed by atoms with Crippen molar-refractivity contribution in [2.75, 3.05) is 0 Å². The van der Waals surface area contributed by atoms with E-state index in [1.807, 2.05) is 30.3 Å². The highest BCUT2D eigenvalue weighted by Gasteiger charge is 1.99. The Morgan fingerprint density at radius 1 is 0.765 bits per heavy atom. The fraction of sp³-hybridized carbons (Fsp3) is 0. The van der Waals surface area contributed by atoms with Crippen molar-refractivity contribution in [2.24, 2.45) is 0 Å². The van der Waals surface area contributed by atoms with Crippen LogP contribution in [0.25, 0.3) is 21.9 Å². The molecule has 0 spiro atoms. The first kappa shape index (κ1) is 6.36. The van der Waals surface area contributed by atoms with Crippen LogP contribution in [-0.4, -0.2) is 0 Å². The van der Waals surface area contributed by atoms with Gasteiger partial charge in [-0.15, -0.1) is 0 Å². The summed E-state index contributed by atoms with van der Waals surface area (Å²) in [6, 6.07) is 9.97. The van der Waals surface area contributed by atoms with Gasteiger partial charge in [0.25, 0.3) is 0 Å². The van der Waals surface area contributed by atoms with E-state index in [0.717, 1.165) is 15.2 Å². The fourth-order valence-corrected chi connectivity index (χ4v) is 2.15. The second kappa shape index (κ2) is 4.34. The lowest BCUT2D eigenvalue weighted by molar-refractivity contribution is 1.64. The topological polar surface area (TPSA) is 0 Å². The first-order chi connectivity index (χ1) is 10.4. The highest BCUT2D eigenvalue weighted by atomic mass is 79.9. The number of benzene rings is 3. The Labute approximate surface area is 116 Å². The quantitative estimate of drug-likeness (QED) is 0.572. The standard InChI is InChI=1S/C16H11Br/c17-16-9-8-14-10-13(6-7-15(14)11-16)12-4-2-1-3-5-12/h1-11H/i1D,2D,3D,4D,5D. The predicted octanol–water partition coefficient (Wildman–Crippen LogP) is 5.27. The van der Waals surface area contributed by atoms with Gasteiger partial charge in [-0.3, -0.25) is 0 Å². The van der Waals surface area contributed by atoms with Crippen molar-refractivity contribution >= 4 is 26.7 Å². The number of hydrogen-bond acceptors (Lipinski definition) is 0. The summed E-state index contributed by atoms with van der Waals surface area (Å²) in [5.41, 5.74) is 0.850. The van der Waals surface area contributed by atoms with Crippen molar-refractivity contribution in [2.45, 2.75) is 0 Å². The van der Waals surface area contributed by atoms with Crippen LogP contribution in [-0.2, 0) is 0 Å². The van der Waals surface area contributed by atoms with Crippen LogP contribution in [0.15, 0.2) is 71.1 Å². The molecular formula is C16H11Br. The third-order valence-corrected chi connectivity index (χ3v) is 3.08. The van der Waals surface area contributed by atoms with Gasteiger partial charge in [0.2, 0.25) is 0 Å². The molecule has 0 aromatic heterocycles. The Hall–Kier alpha value is -1.60. The van der Waals surface area contributed by atoms with Crippen LogP contribution in [0.1, 0.15) is 6.85 Å². The minimum Gasteiger partial charge on any atom is -0.0622 e. The van der Waals surface area contributed by atoms with Crippen LogP contribution in [0.5, 0.6) is 0 Å². The monoisotopic (exact) mass is 287 g/mol. The highest BCUT2D eigenvalue weighted by molar-refractivity contribution is 9.10. The summed E-state index contributed by atoms with van der Waals surface area (Å²) in [5.74, 6) is 0. The van der Waals surface area contributed by atoms with E-state index in [9.17, 15) is 0 Å². The van der Waals surface area contributed by atoms with Crippen LogP contribution in [0.2, 0.25) is 0 Å². The average Bonchev–Trinajstić information content (AvgIpc) is 2.51. The summed E-state index contributed by atoms with van der Waals surface area (Å²) in [5, 5.41) is 1.97. The van der Waals surface area contributed by atoms with Gasteiger partial charge in [-0.1, -0.05) is 64.3 Å². The fourth-order valence-electron chi connectivity index (χ4n) is 1.77. The number of rotatable bonds is 1. The van der Waals surface area contributed by atoms with Crippen LogP contribution in [0.4, 0.5) is 0 Å². The number of hydrogen-bond donors (Lipinski definition) is 0. The molecule has 0 atom stereocenters. The largest absolute Gasteiger partial charge is 0.0629 e. The van der Waals surface area contributed by atoms with E-state index in [-0.39, 0.29) is 35.8 Å². The second-order valence-electron chi connectivity index (χ2n) is 3.71. The van der Waals surface area contributed by atoms with E-state index in [1.165, 1.54) is 0 Å². The summed E-state index contributed by atoms with van der Waals surface area (Å²) < 4.78 is 40.2. The number of halogens is 1. The van der Waals surface area contributed by atoms with Gasteiger partial charge in [0.15, 0.2) is 0 Å². The molecule has 0 nitrogen and oxygen atoms in total. The Kier molecular flexibility index (Phi) is 1.63. The lowest BCUT2D eigenvalue weighted by Crippen LogP contribution is -1.78. The van der Waals surface area contributed by atoms with Crippen molar-refractivity contribution in [1.82, 2.24) is 0 Å². The number of fused-ring (bicyclic) bond motifs is 1. The van der Waals surface area contributed by atoms with Gasteiger partial charge >= 0.3 is 0 Å². The summed E-state index contributed by atoms with van der Waals surface area (Å²) in [4.78, 5) is 0. The van der Waals surface area contributed by atoms with Gasteiger partial charge in [-0.05, 0) is 40.1 Å². The Morgan fingerprint density at radius 2 is 1.47 bits per heavy atom. The van der Waals surface area contributed by atoms with Gasteiger partial charge in [-0.2, -0.15) is 0 Å². The smallest absolute Gasteiger partial charge is 0.0622 e. The van der Waals surface area contributed by atoms with Gasteiger partial charge < -0.3 is 0 Å². The first-order valence-electron chi connectivity index (χ1n) is 7.67. The molecule has 0 amide bonds. The van der Waals surface area contributed by atoms with E-state index < -0.39 is 0 Å². The molecule has 17 heavy (non-hydrogen) atoms. The molecule has 1 heteroatoms. The van der Waals surface area contributed by atoms with E-state index >= 15 is 0 Å². The van der Waals surface area contributed by atoms with E-state index in [2.05, 4.69) is 15.9 Å². The Morgan fingerprint density at radius 3 is 2.29 bits per heavy atom. The Balaban J connectivity index is 2.30. The second-order valence-corrected chi connectivity index (χ2v) is 4.62. The van der Waals surface area contributed by atoms with Crippen LogP contribution in [0, 0.1) is 0 Å². The molecule has 0 aliphatic heterocycles. The molecule has 0 N–H and O–H groups in total. The Bertz CT molecular complexity index is 876. The highest BCUT2D eigenvalue weighted by Crippen LogP contribution is 2.26. The molecule has 0 aliphatic carbocycles. The molecule has 0 saturated heterocycles. The van der Waals surface area contributed by atoms with Gasteiger partial charge in [0.1, 0.15) is 0 Å². The van der Waals surface area contributed by atoms with Gasteiger partial charge in [0, 0.05) is 4.47 Å². The molecule has 3 aromatic carbocycles. The molecule has 0 fully saturated rings. The molecule has 0 unspecified atom stereocenters. The zero-order chi connectivity index (χ0) is 16.0. The molecule has 3 rings (SSSR count). The summed E-state index contributed by atoms with van der Waals surface area (Å²) in [6.07, 6.45) is 0. The van der Waals surface area contributed by atoms with E-state index in [4.69, 9.17) is 6.85 Å². The maximum atomic E-state index is 8.03.